The minimum atomic E-state index is 0. The van der Waals surface area contributed by atoms with Gasteiger partial charge in [0.2, 0.25) is 0 Å². The molecule has 1 atom stereocenters. The number of carbonyl (C=O) groups excluding carboxylic acids is 1. The van der Waals surface area contributed by atoms with Crippen LogP contribution in [0.25, 0.3) is 0 Å². The minimum absolute atomic E-state index is 0. The molecule has 7 heteroatoms. The Morgan fingerprint density at radius 1 is 1.30 bits per heavy atom. The molecule has 1 aromatic rings. The number of piperazine rings is 1. The van der Waals surface area contributed by atoms with E-state index in [-0.39, 0.29) is 18.3 Å². The summed E-state index contributed by atoms with van der Waals surface area (Å²) in [5.74, 6) is 0.0681. The van der Waals surface area contributed by atoms with Gasteiger partial charge in [0, 0.05) is 50.2 Å². The van der Waals surface area contributed by atoms with Crippen LogP contribution in [0.1, 0.15) is 16.8 Å². The summed E-state index contributed by atoms with van der Waals surface area (Å²) in [7, 11) is 0. The van der Waals surface area contributed by atoms with E-state index in [0.717, 1.165) is 50.6 Å². The molecule has 0 bridgehead atoms. The van der Waals surface area contributed by atoms with E-state index in [4.69, 9.17) is 11.6 Å². The maximum Gasteiger partial charge on any atom is 0.255 e. The predicted octanol–water partition coefficient (Wildman–Crippen LogP) is 2.60. The molecule has 2 heterocycles. The third-order valence-corrected chi connectivity index (χ3v) is 5.58. The van der Waals surface area contributed by atoms with E-state index >= 15 is 0 Å². The molecule has 2 aliphatic heterocycles. The highest BCUT2D eigenvalue weighted by Gasteiger charge is 2.31. The highest BCUT2D eigenvalue weighted by Crippen LogP contribution is 2.26. The topological polar surface area (TPSA) is 35.6 Å². The smallest absolute Gasteiger partial charge is 0.255 e. The summed E-state index contributed by atoms with van der Waals surface area (Å²) < 4.78 is 0. The summed E-state index contributed by atoms with van der Waals surface area (Å²) in [6, 6.07) is 6.18. The van der Waals surface area contributed by atoms with Gasteiger partial charge in [0.15, 0.2) is 0 Å². The Balaban J connectivity index is 0.00000192. The van der Waals surface area contributed by atoms with Crippen LogP contribution in [0.3, 0.4) is 0 Å². The van der Waals surface area contributed by atoms with Crippen molar-refractivity contribution in [2.45, 2.75) is 17.4 Å². The number of hydrogen-bond donors (Lipinski definition) is 1. The Hall–Kier alpha value is -0.460. The predicted molar refractivity (Wildman–Crippen MR) is 99.2 cm³/mol. The summed E-state index contributed by atoms with van der Waals surface area (Å²) in [5, 5.41) is 3.93. The second-order valence-corrected chi connectivity index (χ2v) is 7.11. The molecule has 0 aromatic heterocycles. The first-order chi connectivity index (χ1) is 10.7. The van der Waals surface area contributed by atoms with Gasteiger partial charge in [-0.15, -0.1) is 24.2 Å². The molecular formula is C16H23Cl2N3OS. The van der Waals surface area contributed by atoms with Gasteiger partial charge in [0.25, 0.3) is 5.91 Å². The summed E-state index contributed by atoms with van der Waals surface area (Å²) >= 11 is 7.87. The van der Waals surface area contributed by atoms with Crippen molar-refractivity contribution in [2.24, 2.45) is 0 Å². The third kappa shape index (κ3) is 4.34. The lowest BCUT2D eigenvalue weighted by Crippen LogP contribution is -2.49. The monoisotopic (exact) mass is 375 g/mol. The van der Waals surface area contributed by atoms with Gasteiger partial charge in [-0.25, -0.2) is 0 Å². The van der Waals surface area contributed by atoms with E-state index in [9.17, 15) is 4.79 Å². The average Bonchev–Trinajstić information content (AvgIpc) is 3.05. The van der Waals surface area contributed by atoms with E-state index in [2.05, 4.69) is 10.2 Å². The van der Waals surface area contributed by atoms with Gasteiger partial charge in [0.05, 0.1) is 10.6 Å². The molecule has 23 heavy (non-hydrogen) atoms. The molecule has 3 rings (SSSR count). The molecule has 1 amide bonds. The molecular weight excluding hydrogens is 353 g/mol. The van der Waals surface area contributed by atoms with Crippen molar-refractivity contribution in [2.75, 3.05) is 45.5 Å². The molecule has 128 valence electrons. The van der Waals surface area contributed by atoms with E-state index in [1.807, 2.05) is 29.4 Å². The Morgan fingerprint density at radius 2 is 2.04 bits per heavy atom. The van der Waals surface area contributed by atoms with Crippen LogP contribution in [-0.4, -0.2) is 67.3 Å². The molecule has 2 saturated heterocycles. The van der Waals surface area contributed by atoms with Crippen molar-refractivity contribution in [3.63, 3.8) is 0 Å². The highest BCUT2D eigenvalue weighted by atomic mass is 35.5. The fourth-order valence-corrected chi connectivity index (χ4v) is 3.88. The van der Waals surface area contributed by atoms with Crippen LogP contribution in [-0.2, 0) is 0 Å². The van der Waals surface area contributed by atoms with Crippen LogP contribution in [0.5, 0.6) is 0 Å². The first-order valence-electron chi connectivity index (χ1n) is 7.76. The number of thioether (sulfide) groups is 1. The first kappa shape index (κ1) is 18.9. The van der Waals surface area contributed by atoms with Crippen LogP contribution >= 0.6 is 35.8 Å². The minimum Gasteiger partial charge on any atom is -0.337 e. The van der Waals surface area contributed by atoms with Crippen molar-refractivity contribution in [1.29, 1.82) is 0 Å². The van der Waals surface area contributed by atoms with Gasteiger partial charge in [-0.05, 0) is 30.9 Å². The average molecular weight is 376 g/mol. The summed E-state index contributed by atoms with van der Waals surface area (Å²) in [6.45, 7) is 5.90. The van der Waals surface area contributed by atoms with E-state index in [0.29, 0.717) is 16.6 Å². The third-order valence-electron chi connectivity index (χ3n) is 4.52. The van der Waals surface area contributed by atoms with E-state index in [1.54, 1.807) is 11.8 Å². The second kappa shape index (κ2) is 8.58. The first-order valence-corrected chi connectivity index (χ1v) is 9.37. The number of nitrogens with zero attached hydrogens (tertiary/aromatic N) is 2. The Kier molecular flexibility index (Phi) is 7.04. The molecule has 0 aliphatic carbocycles. The number of nitrogens with one attached hydrogen (secondary N) is 1. The van der Waals surface area contributed by atoms with E-state index in [1.165, 1.54) is 0 Å². The molecule has 1 unspecified atom stereocenters. The van der Waals surface area contributed by atoms with Gasteiger partial charge >= 0.3 is 0 Å². The number of rotatable bonds is 3. The highest BCUT2D eigenvalue weighted by molar-refractivity contribution is 7.98. The number of halogens is 2. The number of likely N-dealkylation sites (tertiary alicyclic amines) is 1. The van der Waals surface area contributed by atoms with Gasteiger partial charge in [-0.2, -0.15) is 0 Å². The van der Waals surface area contributed by atoms with Crippen LogP contribution in [0, 0.1) is 0 Å². The van der Waals surface area contributed by atoms with Crippen molar-refractivity contribution < 1.29 is 4.79 Å². The van der Waals surface area contributed by atoms with Gasteiger partial charge < -0.3 is 10.2 Å². The van der Waals surface area contributed by atoms with Crippen LogP contribution in [0.15, 0.2) is 23.1 Å². The molecule has 1 N–H and O–H groups in total. The largest absolute Gasteiger partial charge is 0.337 e. The maximum absolute atomic E-state index is 12.8. The normalized spacial score (nSPS) is 22.0. The zero-order valence-electron chi connectivity index (χ0n) is 13.3. The zero-order valence-corrected chi connectivity index (χ0v) is 15.6. The number of carbonyl (C=O) groups is 1. The SMILES string of the molecule is CSc1ccc(Cl)c(C(=O)N2CCC(N3CCNCC3)C2)c1.Cl. The standard InChI is InChI=1S/C16H22ClN3OS.ClH/c1-22-13-2-3-15(17)14(10-13)16(21)20-7-4-12(11-20)19-8-5-18-6-9-19;/h2-3,10,12,18H,4-9,11H2,1H3;1H. The summed E-state index contributed by atoms with van der Waals surface area (Å²) in [5.41, 5.74) is 0.634. The molecule has 2 fully saturated rings. The van der Waals surface area contributed by atoms with Crippen molar-refractivity contribution in [3.8, 4) is 0 Å². The molecule has 0 spiro atoms. The molecule has 0 radical (unpaired) electrons. The lowest BCUT2D eigenvalue weighted by molar-refractivity contribution is 0.0773. The number of benzene rings is 1. The zero-order chi connectivity index (χ0) is 15.5. The Bertz CT molecular complexity index is 552. The van der Waals surface area contributed by atoms with Crippen LogP contribution < -0.4 is 5.32 Å². The summed E-state index contributed by atoms with van der Waals surface area (Å²) in [6.07, 6.45) is 3.07. The van der Waals surface area contributed by atoms with Crippen LogP contribution in [0.2, 0.25) is 5.02 Å². The molecule has 4 nitrogen and oxygen atoms in total. The van der Waals surface area contributed by atoms with Crippen molar-refractivity contribution >= 4 is 41.7 Å². The Labute approximate surface area is 153 Å². The van der Waals surface area contributed by atoms with Crippen molar-refractivity contribution in [1.82, 2.24) is 15.1 Å². The van der Waals surface area contributed by atoms with Gasteiger partial charge in [-0.1, -0.05) is 11.6 Å². The molecule has 0 saturated carbocycles. The maximum atomic E-state index is 12.8. The summed E-state index contributed by atoms with van der Waals surface area (Å²) in [4.78, 5) is 18.3. The Morgan fingerprint density at radius 3 is 2.74 bits per heavy atom. The lowest BCUT2D eigenvalue weighted by atomic mass is 10.2. The second-order valence-electron chi connectivity index (χ2n) is 5.83. The van der Waals surface area contributed by atoms with E-state index < -0.39 is 0 Å². The number of hydrogen-bond acceptors (Lipinski definition) is 4. The van der Waals surface area contributed by atoms with Crippen molar-refractivity contribution in [3.05, 3.63) is 28.8 Å². The van der Waals surface area contributed by atoms with Gasteiger partial charge in [-0.3, -0.25) is 9.69 Å². The van der Waals surface area contributed by atoms with Crippen LogP contribution in [0.4, 0.5) is 0 Å². The fourth-order valence-electron chi connectivity index (χ4n) is 3.24. The quantitative estimate of drug-likeness (QED) is 0.823. The molecule has 2 aliphatic rings. The fraction of sp³-hybridized carbons (Fsp3) is 0.562. The van der Waals surface area contributed by atoms with Gasteiger partial charge in [0.1, 0.15) is 0 Å². The molecule has 1 aromatic carbocycles. The lowest BCUT2D eigenvalue weighted by Gasteiger charge is -2.32. The number of amides is 1.